The van der Waals surface area contributed by atoms with Crippen LogP contribution in [0, 0.1) is 0 Å². The highest BCUT2D eigenvalue weighted by molar-refractivity contribution is 5.80. The molecule has 2 heterocycles. The molecule has 1 N–H and O–H groups in total. The average molecular weight is 313 g/mol. The van der Waals surface area contributed by atoms with Gasteiger partial charge in [0.2, 0.25) is 0 Å². The van der Waals surface area contributed by atoms with Crippen molar-refractivity contribution < 1.29 is 9.53 Å². The molecule has 5 nitrogen and oxygen atoms in total. The lowest BCUT2D eigenvalue weighted by molar-refractivity contribution is -0.139. The van der Waals surface area contributed by atoms with Crippen LogP contribution in [0.4, 0.5) is 0 Å². The first-order valence-electron chi connectivity index (χ1n) is 8.20. The molecule has 1 aromatic carbocycles. The van der Waals surface area contributed by atoms with Gasteiger partial charge in [-0.3, -0.25) is 9.89 Å². The zero-order valence-electron chi connectivity index (χ0n) is 13.5. The molecule has 0 bridgehead atoms. The third kappa shape index (κ3) is 3.99. The minimum Gasteiger partial charge on any atom is -0.368 e. The summed E-state index contributed by atoms with van der Waals surface area (Å²) in [7, 11) is 1.85. The lowest BCUT2D eigenvalue weighted by Crippen LogP contribution is -2.36. The highest BCUT2D eigenvalue weighted by Gasteiger charge is 2.26. The van der Waals surface area contributed by atoms with Gasteiger partial charge in [-0.2, -0.15) is 5.10 Å². The zero-order chi connectivity index (χ0) is 16.1. The Morgan fingerprint density at radius 1 is 1.39 bits per heavy atom. The van der Waals surface area contributed by atoms with Crippen LogP contribution in [0.3, 0.4) is 0 Å². The van der Waals surface area contributed by atoms with Gasteiger partial charge in [0, 0.05) is 31.5 Å². The molecular formula is C18H23N3O2. The van der Waals surface area contributed by atoms with E-state index in [0.717, 1.165) is 49.2 Å². The lowest BCUT2D eigenvalue weighted by atomic mass is 10.1. The molecule has 0 aliphatic carbocycles. The Morgan fingerprint density at radius 2 is 2.22 bits per heavy atom. The van der Waals surface area contributed by atoms with Crippen molar-refractivity contribution in [3.05, 3.63) is 42.1 Å². The highest BCUT2D eigenvalue weighted by Crippen LogP contribution is 2.18. The maximum atomic E-state index is 12.2. The molecule has 0 radical (unpaired) electrons. The van der Waals surface area contributed by atoms with Crippen LogP contribution in [-0.2, 0) is 16.0 Å². The van der Waals surface area contributed by atoms with E-state index in [9.17, 15) is 4.79 Å². The quantitative estimate of drug-likeness (QED) is 0.892. The molecule has 3 rings (SSSR count). The maximum Gasteiger partial charge on any atom is 0.251 e. The van der Waals surface area contributed by atoms with Crippen LogP contribution < -0.4 is 0 Å². The first-order valence-corrected chi connectivity index (χ1v) is 8.20. The van der Waals surface area contributed by atoms with Gasteiger partial charge in [0.15, 0.2) is 0 Å². The fourth-order valence-corrected chi connectivity index (χ4v) is 2.88. The molecule has 5 heteroatoms. The van der Waals surface area contributed by atoms with Crippen LogP contribution in [0.2, 0.25) is 0 Å². The van der Waals surface area contributed by atoms with E-state index in [2.05, 4.69) is 16.3 Å². The number of nitrogens with zero attached hydrogens (tertiary/aromatic N) is 2. The molecule has 2 aromatic rings. The average Bonchev–Trinajstić information content (AvgIpc) is 3.27. The third-order valence-corrected chi connectivity index (χ3v) is 4.22. The van der Waals surface area contributed by atoms with E-state index in [0.29, 0.717) is 6.61 Å². The molecule has 1 aromatic heterocycles. The van der Waals surface area contributed by atoms with Crippen LogP contribution in [0.5, 0.6) is 0 Å². The minimum atomic E-state index is -0.225. The van der Waals surface area contributed by atoms with Crippen molar-refractivity contribution in [3.63, 3.8) is 0 Å². The molecule has 0 spiro atoms. The van der Waals surface area contributed by atoms with Gasteiger partial charge in [-0.25, -0.2) is 0 Å². The number of ether oxygens (including phenoxy) is 1. The number of nitrogens with one attached hydrogen (secondary N) is 1. The van der Waals surface area contributed by atoms with Crippen LogP contribution in [-0.4, -0.2) is 47.3 Å². The zero-order valence-corrected chi connectivity index (χ0v) is 13.5. The minimum absolute atomic E-state index is 0.108. The number of hydrogen-bond acceptors (Lipinski definition) is 3. The SMILES string of the molecule is CN(CCCc1cc(-c2ccccc2)n[nH]1)C(=O)[C@@H]1CCCO1. The number of H-pyrrole nitrogens is 1. The maximum absolute atomic E-state index is 12.2. The smallest absolute Gasteiger partial charge is 0.251 e. The molecule has 1 aliphatic rings. The fourth-order valence-electron chi connectivity index (χ4n) is 2.88. The number of aryl methyl sites for hydroxylation is 1. The number of aromatic nitrogens is 2. The van der Waals surface area contributed by atoms with Gasteiger partial charge >= 0.3 is 0 Å². The Bertz CT molecular complexity index is 633. The van der Waals surface area contributed by atoms with Gasteiger partial charge in [0.1, 0.15) is 6.10 Å². The number of likely N-dealkylation sites (N-methyl/N-ethyl adjacent to an activating group) is 1. The van der Waals surface area contributed by atoms with E-state index in [-0.39, 0.29) is 12.0 Å². The molecular weight excluding hydrogens is 290 g/mol. The van der Waals surface area contributed by atoms with Crippen molar-refractivity contribution in [1.29, 1.82) is 0 Å². The number of benzene rings is 1. The number of carbonyl (C=O) groups excluding carboxylic acids is 1. The summed E-state index contributed by atoms with van der Waals surface area (Å²) < 4.78 is 5.45. The van der Waals surface area contributed by atoms with Crippen molar-refractivity contribution in [2.75, 3.05) is 20.2 Å². The predicted molar refractivity (Wildman–Crippen MR) is 89.0 cm³/mol. The molecule has 1 fully saturated rings. The van der Waals surface area contributed by atoms with E-state index in [1.165, 1.54) is 0 Å². The molecule has 1 saturated heterocycles. The molecule has 1 amide bonds. The van der Waals surface area contributed by atoms with Gasteiger partial charge in [-0.15, -0.1) is 0 Å². The van der Waals surface area contributed by atoms with Crippen LogP contribution in [0.15, 0.2) is 36.4 Å². The second-order valence-corrected chi connectivity index (χ2v) is 6.01. The monoisotopic (exact) mass is 313 g/mol. The third-order valence-electron chi connectivity index (χ3n) is 4.22. The molecule has 122 valence electrons. The number of carbonyl (C=O) groups is 1. The summed E-state index contributed by atoms with van der Waals surface area (Å²) in [6.45, 7) is 1.44. The number of aromatic amines is 1. The molecule has 0 unspecified atom stereocenters. The van der Waals surface area contributed by atoms with E-state index in [1.54, 1.807) is 4.90 Å². The summed E-state index contributed by atoms with van der Waals surface area (Å²) in [5.41, 5.74) is 3.17. The molecule has 1 atom stereocenters. The van der Waals surface area contributed by atoms with Gasteiger partial charge in [-0.1, -0.05) is 30.3 Å². The van der Waals surface area contributed by atoms with Crippen LogP contribution in [0.25, 0.3) is 11.3 Å². The molecule has 1 aliphatic heterocycles. The Balaban J connectivity index is 1.47. The van der Waals surface area contributed by atoms with E-state index < -0.39 is 0 Å². The van der Waals surface area contributed by atoms with Crippen molar-refractivity contribution >= 4 is 5.91 Å². The summed E-state index contributed by atoms with van der Waals surface area (Å²) in [4.78, 5) is 13.9. The summed E-state index contributed by atoms with van der Waals surface area (Å²) in [6, 6.07) is 12.2. The first-order chi connectivity index (χ1) is 11.2. The van der Waals surface area contributed by atoms with Crippen LogP contribution in [0.1, 0.15) is 25.0 Å². The second kappa shape index (κ2) is 7.42. The fraction of sp³-hybridized carbons (Fsp3) is 0.444. The van der Waals surface area contributed by atoms with Crippen molar-refractivity contribution in [2.24, 2.45) is 0 Å². The largest absolute Gasteiger partial charge is 0.368 e. The van der Waals surface area contributed by atoms with Gasteiger partial charge in [0.05, 0.1) is 5.69 Å². The standard InChI is InChI=1S/C18H23N3O2/c1-21(18(22)17-10-6-12-23-17)11-5-9-15-13-16(20-19-15)14-7-3-2-4-8-14/h2-4,7-8,13,17H,5-6,9-12H2,1H3,(H,19,20)/t17-/m0/s1. The Labute approximate surface area is 136 Å². The molecule has 0 saturated carbocycles. The van der Waals surface area contributed by atoms with Crippen LogP contribution >= 0.6 is 0 Å². The topological polar surface area (TPSA) is 58.2 Å². The van der Waals surface area contributed by atoms with E-state index in [1.807, 2.05) is 37.4 Å². The van der Waals surface area contributed by atoms with Gasteiger partial charge < -0.3 is 9.64 Å². The second-order valence-electron chi connectivity index (χ2n) is 6.01. The Kier molecular flexibility index (Phi) is 5.08. The summed E-state index contributed by atoms with van der Waals surface area (Å²) in [6.07, 6.45) is 3.40. The van der Waals surface area contributed by atoms with Crippen molar-refractivity contribution in [1.82, 2.24) is 15.1 Å². The van der Waals surface area contributed by atoms with E-state index >= 15 is 0 Å². The summed E-state index contributed by atoms with van der Waals surface area (Å²) in [5, 5.41) is 7.44. The highest BCUT2D eigenvalue weighted by atomic mass is 16.5. The molecule has 23 heavy (non-hydrogen) atoms. The van der Waals surface area contributed by atoms with Crippen molar-refractivity contribution in [2.45, 2.75) is 31.8 Å². The summed E-state index contributed by atoms with van der Waals surface area (Å²) in [5.74, 6) is 0.108. The van der Waals surface area contributed by atoms with Crippen molar-refractivity contribution in [3.8, 4) is 11.3 Å². The predicted octanol–water partition coefficient (Wildman–Crippen LogP) is 2.65. The van der Waals surface area contributed by atoms with Gasteiger partial charge in [0.25, 0.3) is 5.91 Å². The number of amides is 1. The Hall–Kier alpha value is -2.14. The number of rotatable bonds is 6. The van der Waals surface area contributed by atoms with E-state index in [4.69, 9.17) is 4.74 Å². The first kappa shape index (κ1) is 15.7. The Morgan fingerprint density at radius 3 is 2.96 bits per heavy atom. The number of hydrogen-bond donors (Lipinski definition) is 1. The van der Waals surface area contributed by atoms with Gasteiger partial charge in [-0.05, 0) is 31.7 Å². The normalized spacial score (nSPS) is 17.3. The summed E-state index contributed by atoms with van der Waals surface area (Å²) >= 11 is 0. The lowest BCUT2D eigenvalue weighted by Gasteiger charge is -2.20.